The van der Waals surface area contributed by atoms with Gasteiger partial charge in [0.2, 0.25) is 0 Å². The van der Waals surface area contributed by atoms with Crippen molar-refractivity contribution in [2.75, 3.05) is 26.3 Å². The first-order valence-corrected chi connectivity index (χ1v) is 9.99. The summed E-state index contributed by atoms with van der Waals surface area (Å²) in [7, 11) is 0. The number of carbonyl (C=O) groups is 1. The molecule has 0 spiro atoms. The van der Waals surface area contributed by atoms with Crippen LogP contribution in [0.4, 0.5) is 4.39 Å². The summed E-state index contributed by atoms with van der Waals surface area (Å²) in [5, 5.41) is 4.67. The molecule has 0 aliphatic carbocycles. The first-order valence-electron chi connectivity index (χ1n) is 9.00. The molecule has 0 saturated carbocycles. The van der Waals surface area contributed by atoms with Gasteiger partial charge >= 0.3 is 0 Å². The fourth-order valence-electron chi connectivity index (χ4n) is 3.45. The summed E-state index contributed by atoms with van der Waals surface area (Å²) >= 11 is 1.32. The van der Waals surface area contributed by atoms with Crippen molar-refractivity contribution in [1.82, 2.24) is 14.7 Å². The van der Waals surface area contributed by atoms with Gasteiger partial charge in [0.05, 0.1) is 29.5 Å². The van der Waals surface area contributed by atoms with Crippen molar-refractivity contribution < 1.29 is 13.9 Å². The standard InChI is InChI=1S/C21H20FN3O2S/c1-3-16-19-17(13-28-20(16)14(2)22)18(21(26)24-9-11-27-12-10-24)23-25(19)15-7-5-4-6-8-15/h3-8H,1-2,9-13H2. The molecule has 2 aromatic rings. The van der Waals surface area contributed by atoms with Crippen LogP contribution in [0.5, 0.6) is 0 Å². The third kappa shape index (κ3) is 3.21. The second kappa shape index (κ2) is 7.77. The number of ether oxygens (including phenoxy) is 1. The average Bonchev–Trinajstić information content (AvgIpc) is 3.13. The van der Waals surface area contributed by atoms with Crippen molar-refractivity contribution in [3.8, 4) is 5.69 Å². The molecule has 28 heavy (non-hydrogen) atoms. The minimum atomic E-state index is -0.507. The molecule has 5 nitrogen and oxygen atoms in total. The molecule has 0 radical (unpaired) electrons. The van der Waals surface area contributed by atoms with Crippen molar-refractivity contribution in [2.45, 2.75) is 5.75 Å². The van der Waals surface area contributed by atoms with Crippen LogP contribution in [-0.4, -0.2) is 46.9 Å². The number of benzene rings is 1. The van der Waals surface area contributed by atoms with Crippen molar-refractivity contribution in [3.05, 3.63) is 77.2 Å². The summed E-state index contributed by atoms with van der Waals surface area (Å²) in [6.07, 6.45) is 1.61. The van der Waals surface area contributed by atoms with Crippen LogP contribution < -0.4 is 0 Å². The molecule has 7 heteroatoms. The van der Waals surface area contributed by atoms with Gasteiger partial charge in [-0.05, 0) is 12.1 Å². The molecule has 4 rings (SSSR count). The number of hydrogen-bond donors (Lipinski definition) is 0. The highest BCUT2D eigenvalue weighted by molar-refractivity contribution is 8.02. The number of hydrogen-bond acceptors (Lipinski definition) is 4. The lowest BCUT2D eigenvalue weighted by Gasteiger charge is -2.26. The minimum Gasteiger partial charge on any atom is -0.378 e. The molecule has 1 fully saturated rings. The van der Waals surface area contributed by atoms with Gasteiger partial charge in [0, 0.05) is 30.0 Å². The van der Waals surface area contributed by atoms with E-state index in [1.807, 2.05) is 30.3 Å². The van der Waals surface area contributed by atoms with Gasteiger partial charge in [-0.25, -0.2) is 9.07 Å². The molecule has 0 bridgehead atoms. The molecule has 0 N–H and O–H groups in total. The number of carbonyl (C=O) groups excluding carboxylic acids is 1. The van der Waals surface area contributed by atoms with E-state index in [1.54, 1.807) is 15.7 Å². The molecule has 1 aromatic heterocycles. The smallest absolute Gasteiger partial charge is 0.274 e. The lowest BCUT2D eigenvalue weighted by atomic mass is 10.0. The maximum absolute atomic E-state index is 14.1. The summed E-state index contributed by atoms with van der Waals surface area (Å²) in [5.74, 6) is -0.184. The van der Waals surface area contributed by atoms with E-state index >= 15 is 0 Å². The largest absolute Gasteiger partial charge is 0.378 e. The second-order valence-electron chi connectivity index (χ2n) is 6.47. The third-order valence-electron chi connectivity index (χ3n) is 4.80. The molecule has 1 aromatic carbocycles. The summed E-state index contributed by atoms with van der Waals surface area (Å²) in [5.41, 5.74) is 3.30. The molecule has 1 amide bonds. The van der Waals surface area contributed by atoms with E-state index in [0.29, 0.717) is 53.9 Å². The van der Waals surface area contributed by atoms with Gasteiger partial charge in [0.15, 0.2) is 5.69 Å². The van der Waals surface area contributed by atoms with Crippen molar-refractivity contribution in [1.29, 1.82) is 0 Å². The Bertz CT molecular complexity index is 975. The van der Waals surface area contributed by atoms with Gasteiger partial charge in [-0.1, -0.05) is 37.4 Å². The summed E-state index contributed by atoms with van der Waals surface area (Å²) in [6.45, 7) is 9.43. The molecule has 0 atom stereocenters. The number of rotatable bonds is 4. The lowest BCUT2D eigenvalue weighted by molar-refractivity contribution is 0.0298. The van der Waals surface area contributed by atoms with Gasteiger partial charge in [-0.2, -0.15) is 5.10 Å². The van der Waals surface area contributed by atoms with Crippen LogP contribution >= 0.6 is 11.8 Å². The molecule has 2 aliphatic heterocycles. The highest BCUT2D eigenvalue weighted by Crippen LogP contribution is 2.44. The number of fused-ring (bicyclic) bond motifs is 1. The van der Waals surface area contributed by atoms with Crippen LogP contribution in [-0.2, 0) is 10.5 Å². The molecular weight excluding hydrogens is 377 g/mol. The second-order valence-corrected chi connectivity index (χ2v) is 7.45. The first kappa shape index (κ1) is 18.7. The fraction of sp³-hybridized carbons (Fsp3) is 0.238. The predicted molar refractivity (Wildman–Crippen MR) is 109 cm³/mol. The Labute approximate surface area is 167 Å². The van der Waals surface area contributed by atoms with Gasteiger partial charge in [0.25, 0.3) is 5.91 Å². The number of allylic oxidation sites excluding steroid dienone is 3. The minimum absolute atomic E-state index is 0.124. The van der Waals surface area contributed by atoms with Gasteiger partial charge in [-0.3, -0.25) is 4.79 Å². The maximum atomic E-state index is 14.1. The van der Waals surface area contributed by atoms with Crippen LogP contribution in [0.1, 0.15) is 21.7 Å². The Balaban J connectivity index is 1.90. The van der Waals surface area contributed by atoms with Crippen LogP contribution in [0.15, 0.2) is 60.3 Å². The van der Waals surface area contributed by atoms with Crippen LogP contribution in [0.25, 0.3) is 11.3 Å². The zero-order valence-corrected chi connectivity index (χ0v) is 16.2. The average molecular weight is 397 g/mol. The number of aromatic nitrogens is 2. The van der Waals surface area contributed by atoms with E-state index in [4.69, 9.17) is 4.74 Å². The van der Waals surface area contributed by atoms with E-state index in [0.717, 1.165) is 11.3 Å². The number of para-hydroxylation sites is 1. The van der Waals surface area contributed by atoms with Crippen molar-refractivity contribution in [2.24, 2.45) is 0 Å². The quantitative estimate of drug-likeness (QED) is 0.783. The highest BCUT2D eigenvalue weighted by atomic mass is 32.2. The Morgan fingerprint density at radius 1 is 1.25 bits per heavy atom. The molecule has 1 saturated heterocycles. The zero-order valence-electron chi connectivity index (χ0n) is 15.4. The van der Waals surface area contributed by atoms with Crippen molar-refractivity contribution in [3.63, 3.8) is 0 Å². The first-order chi connectivity index (χ1) is 13.6. The summed E-state index contributed by atoms with van der Waals surface area (Å²) in [6, 6.07) is 9.52. The van der Waals surface area contributed by atoms with Crippen LogP contribution in [0.3, 0.4) is 0 Å². The third-order valence-corrected chi connectivity index (χ3v) is 5.96. The number of morpholine rings is 1. The Morgan fingerprint density at radius 2 is 1.96 bits per heavy atom. The molecule has 0 unspecified atom stereocenters. The maximum Gasteiger partial charge on any atom is 0.274 e. The lowest BCUT2D eigenvalue weighted by Crippen LogP contribution is -2.41. The number of thioether (sulfide) groups is 1. The predicted octanol–water partition coefficient (Wildman–Crippen LogP) is 3.97. The van der Waals surface area contributed by atoms with Gasteiger partial charge in [0.1, 0.15) is 5.83 Å². The Kier molecular flexibility index (Phi) is 5.19. The zero-order chi connectivity index (χ0) is 19.7. The van der Waals surface area contributed by atoms with E-state index in [9.17, 15) is 9.18 Å². The monoisotopic (exact) mass is 397 g/mol. The SMILES string of the molecule is C=CC1=C(C(=C)F)SCc2c(C(=O)N3CCOCC3)nn(-c3ccccc3)c21. The normalized spacial score (nSPS) is 16.7. The van der Waals surface area contributed by atoms with Crippen molar-refractivity contribution >= 4 is 23.2 Å². The van der Waals surface area contributed by atoms with Gasteiger partial charge in [-0.15, -0.1) is 11.8 Å². The Morgan fingerprint density at radius 3 is 2.61 bits per heavy atom. The van der Waals surface area contributed by atoms with E-state index in [-0.39, 0.29) is 5.91 Å². The van der Waals surface area contributed by atoms with Crippen LogP contribution in [0, 0.1) is 0 Å². The van der Waals surface area contributed by atoms with Gasteiger partial charge < -0.3 is 9.64 Å². The fourth-order valence-corrected chi connectivity index (χ4v) is 4.51. The molecular formula is C21H20FN3O2S. The molecule has 2 aliphatic rings. The van der Waals surface area contributed by atoms with E-state index < -0.39 is 5.83 Å². The van der Waals surface area contributed by atoms with E-state index in [1.165, 1.54) is 11.8 Å². The topological polar surface area (TPSA) is 47.4 Å². The molecule has 3 heterocycles. The highest BCUT2D eigenvalue weighted by Gasteiger charge is 2.33. The number of nitrogens with zero attached hydrogens (tertiary/aromatic N) is 3. The van der Waals surface area contributed by atoms with E-state index in [2.05, 4.69) is 18.3 Å². The summed E-state index contributed by atoms with van der Waals surface area (Å²) < 4.78 is 21.1. The number of amides is 1. The Hall–Kier alpha value is -2.64. The van der Waals surface area contributed by atoms with Crippen LogP contribution in [0.2, 0.25) is 0 Å². The summed E-state index contributed by atoms with van der Waals surface area (Å²) in [4.78, 5) is 15.4. The number of halogens is 1. The molecule has 144 valence electrons.